The number of carbonyl (C=O) groups is 2. The second kappa shape index (κ2) is 4.87. The molecule has 0 saturated heterocycles. The summed E-state index contributed by atoms with van der Waals surface area (Å²) in [6.45, 7) is 1.79. The van der Waals surface area contributed by atoms with Crippen molar-refractivity contribution in [2.75, 3.05) is 0 Å². The maximum absolute atomic E-state index is 11.5. The number of hydrogen-bond acceptors (Lipinski definition) is 3. The fourth-order valence-corrected chi connectivity index (χ4v) is 1.92. The summed E-state index contributed by atoms with van der Waals surface area (Å²) >= 11 is 0. The lowest BCUT2D eigenvalue weighted by Crippen LogP contribution is -2.45. The minimum atomic E-state index is -1.06. The SMILES string of the molecule is CCC1=C(C(=O)O)C(c2ccccn2)NC(=O)N1. The summed E-state index contributed by atoms with van der Waals surface area (Å²) in [4.78, 5) is 26.9. The summed E-state index contributed by atoms with van der Waals surface area (Å²) in [5, 5.41) is 14.4. The third kappa shape index (κ3) is 2.17. The molecule has 3 N–H and O–H groups in total. The van der Waals surface area contributed by atoms with Crippen molar-refractivity contribution in [3.8, 4) is 0 Å². The van der Waals surface area contributed by atoms with Gasteiger partial charge in [-0.3, -0.25) is 4.98 Å². The number of allylic oxidation sites excluding steroid dienone is 1. The van der Waals surface area contributed by atoms with Gasteiger partial charge in [0.05, 0.1) is 11.3 Å². The van der Waals surface area contributed by atoms with Crippen LogP contribution in [-0.2, 0) is 4.79 Å². The number of rotatable bonds is 3. The number of aliphatic carboxylic acids is 1. The first-order chi connectivity index (χ1) is 8.63. The molecular weight excluding hydrogens is 234 g/mol. The molecule has 0 fully saturated rings. The summed E-state index contributed by atoms with van der Waals surface area (Å²) in [6.07, 6.45) is 2.01. The van der Waals surface area contributed by atoms with Crippen molar-refractivity contribution in [3.05, 3.63) is 41.4 Å². The van der Waals surface area contributed by atoms with Crippen LogP contribution in [0.25, 0.3) is 0 Å². The van der Waals surface area contributed by atoms with E-state index in [1.165, 1.54) is 0 Å². The standard InChI is InChI=1S/C12H13N3O3/c1-2-7-9(11(16)17)10(15-12(18)14-7)8-5-3-4-6-13-8/h3-6,10H,2H2,1H3,(H,16,17)(H2,14,15,18). The van der Waals surface area contributed by atoms with Crippen molar-refractivity contribution in [2.45, 2.75) is 19.4 Å². The summed E-state index contributed by atoms with van der Waals surface area (Å²) < 4.78 is 0. The molecular formula is C12H13N3O3. The third-order valence-corrected chi connectivity index (χ3v) is 2.72. The van der Waals surface area contributed by atoms with Crippen LogP contribution in [0.2, 0.25) is 0 Å². The van der Waals surface area contributed by atoms with Crippen molar-refractivity contribution >= 4 is 12.0 Å². The molecule has 0 aromatic carbocycles. The Morgan fingerprint density at radius 1 is 1.50 bits per heavy atom. The number of nitrogens with one attached hydrogen (secondary N) is 2. The molecule has 0 radical (unpaired) electrons. The summed E-state index contributed by atoms with van der Waals surface area (Å²) in [5.41, 5.74) is 1.06. The van der Waals surface area contributed by atoms with E-state index in [1.807, 2.05) is 0 Å². The highest BCUT2D eigenvalue weighted by Gasteiger charge is 2.32. The molecule has 1 aromatic heterocycles. The van der Waals surface area contributed by atoms with Crippen molar-refractivity contribution in [1.29, 1.82) is 0 Å². The lowest BCUT2D eigenvalue weighted by atomic mass is 9.98. The number of aromatic nitrogens is 1. The quantitative estimate of drug-likeness (QED) is 0.748. The van der Waals surface area contributed by atoms with E-state index < -0.39 is 18.0 Å². The fourth-order valence-electron chi connectivity index (χ4n) is 1.92. The molecule has 2 rings (SSSR count). The van der Waals surface area contributed by atoms with Gasteiger partial charge in [0.2, 0.25) is 0 Å². The van der Waals surface area contributed by atoms with E-state index in [4.69, 9.17) is 0 Å². The van der Waals surface area contributed by atoms with Gasteiger partial charge in [0.15, 0.2) is 0 Å². The Labute approximate surface area is 104 Å². The van der Waals surface area contributed by atoms with E-state index in [0.29, 0.717) is 17.8 Å². The van der Waals surface area contributed by atoms with Gasteiger partial charge in [-0.1, -0.05) is 13.0 Å². The van der Waals surface area contributed by atoms with E-state index in [9.17, 15) is 14.7 Å². The Morgan fingerprint density at radius 3 is 2.83 bits per heavy atom. The van der Waals surface area contributed by atoms with Gasteiger partial charge in [-0.25, -0.2) is 9.59 Å². The lowest BCUT2D eigenvalue weighted by Gasteiger charge is -2.27. The Morgan fingerprint density at radius 2 is 2.28 bits per heavy atom. The second-order valence-electron chi connectivity index (χ2n) is 3.84. The molecule has 1 aliphatic heterocycles. The molecule has 1 atom stereocenters. The Balaban J connectivity index is 2.50. The van der Waals surface area contributed by atoms with Gasteiger partial charge in [0.1, 0.15) is 6.04 Å². The Hall–Kier alpha value is -2.37. The van der Waals surface area contributed by atoms with E-state index in [2.05, 4.69) is 15.6 Å². The van der Waals surface area contributed by atoms with Gasteiger partial charge in [-0.05, 0) is 18.6 Å². The third-order valence-electron chi connectivity index (χ3n) is 2.72. The van der Waals surface area contributed by atoms with Crippen LogP contribution in [0.1, 0.15) is 25.1 Å². The maximum atomic E-state index is 11.5. The van der Waals surface area contributed by atoms with Crippen LogP contribution in [0.3, 0.4) is 0 Å². The summed E-state index contributed by atoms with van der Waals surface area (Å²) in [5.74, 6) is -1.06. The molecule has 1 unspecified atom stereocenters. The highest BCUT2D eigenvalue weighted by Crippen LogP contribution is 2.26. The molecule has 94 valence electrons. The Kier molecular flexibility index (Phi) is 3.27. The highest BCUT2D eigenvalue weighted by molar-refractivity contribution is 5.93. The molecule has 6 heteroatoms. The zero-order valence-corrected chi connectivity index (χ0v) is 9.80. The van der Waals surface area contributed by atoms with Crippen molar-refractivity contribution in [1.82, 2.24) is 15.6 Å². The number of carboxylic acids is 1. The predicted molar refractivity (Wildman–Crippen MR) is 63.6 cm³/mol. The van der Waals surface area contributed by atoms with E-state index in [-0.39, 0.29) is 5.57 Å². The average molecular weight is 247 g/mol. The van der Waals surface area contributed by atoms with Gasteiger partial charge in [0, 0.05) is 11.9 Å². The summed E-state index contributed by atoms with van der Waals surface area (Å²) in [6, 6.07) is 4.05. The molecule has 2 amide bonds. The summed E-state index contributed by atoms with van der Waals surface area (Å²) in [7, 11) is 0. The zero-order chi connectivity index (χ0) is 13.1. The molecule has 18 heavy (non-hydrogen) atoms. The number of nitrogens with zero attached hydrogens (tertiary/aromatic N) is 1. The van der Waals surface area contributed by atoms with Crippen LogP contribution in [0, 0.1) is 0 Å². The normalized spacial score (nSPS) is 19.2. The number of urea groups is 1. The first-order valence-electron chi connectivity index (χ1n) is 5.58. The van der Waals surface area contributed by atoms with Gasteiger partial charge in [-0.2, -0.15) is 0 Å². The monoisotopic (exact) mass is 247 g/mol. The maximum Gasteiger partial charge on any atom is 0.335 e. The number of hydrogen-bond donors (Lipinski definition) is 3. The first kappa shape index (κ1) is 12.1. The smallest absolute Gasteiger partial charge is 0.335 e. The molecule has 2 heterocycles. The van der Waals surface area contributed by atoms with Crippen LogP contribution in [0.5, 0.6) is 0 Å². The topological polar surface area (TPSA) is 91.3 Å². The molecule has 0 spiro atoms. The highest BCUT2D eigenvalue weighted by atomic mass is 16.4. The fraction of sp³-hybridized carbons (Fsp3) is 0.250. The molecule has 1 aliphatic rings. The van der Waals surface area contributed by atoms with Gasteiger partial charge < -0.3 is 15.7 Å². The van der Waals surface area contributed by atoms with E-state index in [1.54, 1.807) is 31.3 Å². The average Bonchev–Trinajstić information content (AvgIpc) is 2.38. The van der Waals surface area contributed by atoms with E-state index >= 15 is 0 Å². The van der Waals surface area contributed by atoms with Gasteiger partial charge >= 0.3 is 12.0 Å². The molecule has 1 aromatic rings. The lowest BCUT2D eigenvalue weighted by molar-refractivity contribution is -0.133. The van der Waals surface area contributed by atoms with Crippen LogP contribution >= 0.6 is 0 Å². The molecule has 6 nitrogen and oxygen atoms in total. The van der Waals surface area contributed by atoms with Crippen molar-refractivity contribution < 1.29 is 14.7 Å². The van der Waals surface area contributed by atoms with Crippen molar-refractivity contribution in [3.63, 3.8) is 0 Å². The van der Waals surface area contributed by atoms with Gasteiger partial charge in [-0.15, -0.1) is 0 Å². The number of pyridine rings is 1. The number of amides is 2. The minimum absolute atomic E-state index is 0.135. The van der Waals surface area contributed by atoms with E-state index in [0.717, 1.165) is 0 Å². The molecule has 0 bridgehead atoms. The predicted octanol–water partition coefficient (Wildman–Crippen LogP) is 1.18. The second-order valence-corrected chi connectivity index (χ2v) is 3.84. The molecule has 0 aliphatic carbocycles. The largest absolute Gasteiger partial charge is 0.478 e. The number of carbonyl (C=O) groups excluding carboxylic acids is 1. The van der Waals surface area contributed by atoms with Crippen LogP contribution in [0.15, 0.2) is 35.7 Å². The number of carboxylic acid groups (broad SMARTS) is 1. The van der Waals surface area contributed by atoms with Crippen molar-refractivity contribution in [2.24, 2.45) is 0 Å². The zero-order valence-electron chi connectivity index (χ0n) is 9.80. The molecule has 0 saturated carbocycles. The van der Waals surface area contributed by atoms with Crippen LogP contribution in [-0.4, -0.2) is 22.1 Å². The first-order valence-corrected chi connectivity index (χ1v) is 5.58. The van der Waals surface area contributed by atoms with Crippen LogP contribution in [0.4, 0.5) is 4.79 Å². The van der Waals surface area contributed by atoms with Crippen LogP contribution < -0.4 is 10.6 Å². The minimum Gasteiger partial charge on any atom is -0.478 e. The Bertz CT molecular complexity index is 511. The van der Waals surface area contributed by atoms with Gasteiger partial charge in [0.25, 0.3) is 0 Å².